The van der Waals surface area contributed by atoms with E-state index >= 15 is 0 Å². The topological polar surface area (TPSA) is 49.3 Å². The molecule has 0 aliphatic carbocycles. The third-order valence-corrected chi connectivity index (χ3v) is 6.48. The second kappa shape index (κ2) is 10.9. The first-order valence-corrected chi connectivity index (χ1v) is 12.6. The third kappa shape index (κ3) is 7.17. The molecule has 0 bridgehead atoms. The van der Waals surface area contributed by atoms with Crippen LogP contribution in [-0.4, -0.2) is 47.0 Å². The zero-order valence-corrected chi connectivity index (χ0v) is 21.9. The van der Waals surface area contributed by atoms with Crippen molar-refractivity contribution < 1.29 is 4.79 Å². The number of benzene rings is 1. The molecule has 180 valence electrons. The predicted octanol–water partition coefficient (Wildman–Crippen LogP) is 5.70. The van der Waals surface area contributed by atoms with E-state index in [1.807, 2.05) is 24.0 Å². The Hall–Kier alpha value is -2.14. The number of hydrogen-bond donors (Lipinski definition) is 0. The standard InChI is InChI=1S/C27H39ClN4O/c1-7-24-23(17-21-8-10-22(28)11-9-21)26(30-20(3)29-24)32-14-12-31(13-15-32)25(33)16-19(2)18-27(4,5)6/h8-11,19H,7,12-18H2,1-6H3/t19-/m0/s1. The van der Waals surface area contributed by atoms with Crippen molar-refractivity contribution in [1.29, 1.82) is 0 Å². The summed E-state index contributed by atoms with van der Waals surface area (Å²) in [4.78, 5) is 26.9. The molecule has 2 heterocycles. The fraction of sp³-hybridized carbons (Fsp3) is 0.593. The maximum atomic E-state index is 12.9. The van der Waals surface area contributed by atoms with Gasteiger partial charge in [-0.05, 0) is 48.8 Å². The van der Waals surface area contributed by atoms with Crippen molar-refractivity contribution in [3.05, 3.63) is 51.9 Å². The number of nitrogens with zero attached hydrogens (tertiary/aromatic N) is 4. The van der Waals surface area contributed by atoms with Crippen LogP contribution >= 0.6 is 11.6 Å². The van der Waals surface area contributed by atoms with Gasteiger partial charge in [0, 0.05) is 55.3 Å². The average Bonchev–Trinajstić information content (AvgIpc) is 2.74. The molecule has 1 amide bonds. The number of hydrogen-bond acceptors (Lipinski definition) is 4. The van der Waals surface area contributed by atoms with Crippen molar-refractivity contribution in [2.45, 2.75) is 67.2 Å². The molecule has 5 nitrogen and oxygen atoms in total. The van der Waals surface area contributed by atoms with Crippen molar-refractivity contribution in [2.24, 2.45) is 11.3 Å². The molecule has 0 N–H and O–H groups in total. The van der Waals surface area contributed by atoms with Gasteiger partial charge in [0.15, 0.2) is 0 Å². The van der Waals surface area contributed by atoms with E-state index in [0.29, 0.717) is 12.3 Å². The molecule has 1 aromatic carbocycles. The molecule has 1 fully saturated rings. The summed E-state index contributed by atoms with van der Waals surface area (Å²) in [7, 11) is 0. The van der Waals surface area contributed by atoms with Gasteiger partial charge in [-0.1, -0.05) is 58.4 Å². The van der Waals surface area contributed by atoms with Gasteiger partial charge in [-0.2, -0.15) is 0 Å². The van der Waals surface area contributed by atoms with Gasteiger partial charge in [0.05, 0.1) is 0 Å². The molecule has 0 unspecified atom stereocenters. The average molecular weight is 471 g/mol. The maximum Gasteiger partial charge on any atom is 0.222 e. The Bertz CT molecular complexity index is 944. The zero-order chi connectivity index (χ0) is 24.2. The van der Waals surface area contributed by atoms with Crippen molar-refractivity contribution in [3.8, 4) is 0 Å². The normalized spacial score (nSPS) is 15.6. The number of anilines is 1. The number of rotatable bonds is 7. The molecule has 6 heteroatoms. The molecule has 2 aromatic rings. The van der Waals surface area contributed by atoms with Gasteiger partial charge in [0.1, 0.15) is 11.6 Å². The van der Waals surface area contributed by atoms with Gasteiger partial charge in [-0.3, -0.25) is 4.79 Å². The van der Waals surface area contributed by atoms with E-state index in [0.717, 1.165) is 67.8 Å². The molecule has 1 aliphatic heterocycles. The van der Waals surface area contributed by atoms with Crippen molar-refractivity contribution in [2.75, 3.05) is 31.1 Å². The molecule has 0 radical (unpaired) electrons. The fourth-order valence-corrected chi connectivity index (χ4v) is 5.02. The predicted molar refractivity (Wildman–Crippen MR) is 137 cm³/mol. The Labute approximate surface area is 204 Å². The number of amides is 1. The smallest absolute Gasteiger partial charge is 0.222 e. The SMILES string of the molecule is CCc1nc(C)nc(N2CCN(C(=O)C[C@H](C)CC(C)(C)C)CC2)c1Cc1ccc(Cl)cc1. The molecule has 1 saturated heterocycles. The Kier molecular flexibility index (Phi) is 8.38. The van der Waals surface area contributed by atoms with Gasteiger partial charge in [-0.15, -0.1) is 0 Å². The molecular formula is C27H39ClN4O. The van der Waals surface area contributed by atoms with Crippen LogP contribution in [0.4, 0.5) is 5.82 Å². The Balaban J connectivity index is 1.72. The maximum absolute atomic E-state index is 12.9. The summed E-state index contributed by atoms with van der Waals surface area (Å²) in [5.41, 5.74) is 3.73. The van der Waals surface area contributed by atoms with E-state index in [1.165, 1.54) is 11.1 Å². The van der Waals surface area contributed by atoms with Crippen LogP contribution in [0.5, 0.6) is 0 Å². The number of carbonyl (C=O) groups excluding carboxylic acids is 1. The lowest BCUT2D eigenvalue weighted by Crippen LogP contribution is -2.49. The largest absolute Gasteiger partial charge is 0.353 e. The van der Waals surface area contributed by atoms with Crippen LogP contribution in [0.25, 0.3) is 0 Å². The highest BCUT2D eigenvalue weighted by Crippen LogP contribution is 2.28. The van der Waals surface area contributed by atoms with Crippen LogP contribution in [0.2, 0.25) is 5.02 Å². The van der Waals surface area contributed by atoms with Crippen LogP contribution < -0.4 is 4.90 Å². The number of carbonyl (C=O) groups is 1. The summed E-state index contributed by atoms with van der Waals surface area (Å²) < 4.78 is 0. The lowest BCUT2D eigenvalue weighted by Gasteiger charge is -2.37. The van der Waals surface area contributed by atoms with E-state index in [9.17, 15) is 4.79 Å². The van der Waals surface area contributed by atoms with E-state index in [-0.39, 0.29) is 11.3 Å². The van der Waals surface area contributed by atoms with E-state index in [1.54, 1.807) is 0 Å². The summed E-state index contributed by atoms with van der Waals surface area (Å²) in [6.07, 6.45) is 3.33. The Morgan fingerprint density at radius 3 is 2.30 bits per heavy atom. The first-order chi connectivity index (χ1) is 15.6. The lowest BCUT2D eigenvalue weighted by molar-refractivity contribution is -0.132. The number of aryl methyl sites for hydroxylation is 2. The fourth-order valence-electron chi connectivity index (χ4n) is 4.89. The highest BCUT2D eigenvalue weighted by atomic mass is 35.5. The summed E-state index contributed by atoms with van der Waals surface area (Å²) in [6.45, 7) is 16.1. The first-order valence-electron chi connectivity index (χ1n) is 12.2. The second-order valence-electron chi connectivity index (χ2n) is 10.6. The third-order valence-electron chi connectivity index (χ3n) is 6.23. The van der Waals surface area contributed by atoms with E-state index < -0.39 is 0 Å². The molecule has 1 atom stereocenters. The molecular weight excluding hydrogens is 432 g/mol. The highest BCUT2D eigenvalue weighted by molar-refractivity contribution is 6.30. The minimum absolute atomic E-state index is 0.251. The van der Waals surface area contributed by atoms with Gasteiger partial charge < -0.3 is 9.80 Å². The second-order valence-corrected chi connectivity index (χ2v) is 11.1. The van der Waals surface area contributed by atoms with Crippen LogP contribution in [0.1, 0.15) is 70.1 Å². The Morgan fingerprint density at radius 1 is 1.09 bits per heavy atom. The monoisotopic (exact) mass is 470 g/mol. The summed E-state index contributed by atoms with van der Waals surface area (Å²) in [6, 6.07) is 8.01. The van der Waals surface area contributed by atoms with Crippen molar-refractivity contribution in [3.63, 3.8) is 0 Å². The molecule has 1 aliphatic rings. The molecule has 33 heavy (non-hydrogen) atoms. The summed E-state index contributed by atoms with van der Waals surface area (Å²) in [5, 5.41) is 0.743. The molecule has 0 saturated carbocycles. The van der Waals surface area contributed by atoms with Crippen molar-refractivity contribution in [1.82, 2.24) is 14.9 Å². The quantitative estimate of drug-likeness (QED) is 0.520. The van der Waals surface area contributed by atoms with Crippen LogP contribution in [0.3, 0.4) is 0 Å². The summed E-state index contributed by atoms with van der Waals surface area (Å²) in [5.74, 6) is 2.50. The highest BCUT2D eigenvalue weighted by Gasteiger charge is 2.26. The molecule has 1 aromatic heterocycles. The Morgan fingerprint density at radius 2 is 1.73 bits per heavy atom. The van der Waals surface area contributed by atoms with Gasteiger partial charge in [0.2, 0.25) is 5.91 Å². The number of halogens is 1. The van der Waals surface area contributed by atoms with Gasteiger partial charge in [-0.25, -0.2) is 9.97 Å². The minimum Gasteiger partial charge on any atom is -0.353 e. The van der Waals surface area contributed by atoms with Gasteiger partial charge >= 0.3 is 0 Å². The first kappa shape index (κ1) is 25.5. The van der Waals surface area contributed by atoms with Crippen molar-refractivity contribution >= 4 is 23.3 Å². The zero-order valence-electron chi connectivity index (χ0n) is 21.1. The summed E-state index contributed by atoms with van der Waals surface area (Å²) >= 11 is 6.08. The minimum atomic E-state index is 0.251. The van der Waals surface area contributed by atoms with Crippen LogP contribution in [0, 0.1) is 18.3 Å². The van der Waals surface area contributed by atoms with E-state index in [4.69, 9.17) is 21.6 Å². The van der Waals surface area contributed by atoms with Crippen LogP contribution in [0.15, 0.2) is 24.3 Å². The number of aromatic nitrogens is 2. The molecule has 3 rings (SSSR count). The van der Waals surface area contributed by atoms with E-state index in [2.05, 4.69) is 51.7 Å². The number of piperazine rings is 1. The lowest BCUT2D eigenvalue weighted by atomic mass is 9.84. The molecule has 0 spiro atoms. The van der Waals surface area contributed by atoms with Gasteiger partial charge in [0.25, 0.3) is 0 Å². The van der Waals surface area contributed by atoms with Crippen LogP contribution in [-0.2, 0) is 17.6 Å².